The maximum atomic E-state index is 11.7. The summed E-state index contributed by atoms with van der Waals surface area (Å²) in [5, 5.41) is 8.72. The zero-order valence-electron chi connectivity index (χ0n) is 17.2. The molecule has 1 unspecified atom stereocenters. The van der Waals surface area contributed by atoms with Crippen molar-refractivity contribution in [1.82, 2.24) is 14.9 Å². The fourth-order valence-corrected chi connectivity index (χ4v) is 3.80. The number of aliphatic imine (C=N–C) groups is 1. The van der Waals surface area contributed by atoms with Gasteiger partial charge in [-0.05, 0) is 17.7 Å². The highest BCUT2D eigenvalue weighted by atomic mass is 16.6. The summed E-state index contributed by atoms with van der Waals surface area (Å²) >= 11 is 0. The molecular formula is C21H24N8O2. The molecule has 0 radical (unpaired) electrons. The molecule has 2 saturated heterocycles. The summed E-state index contributed by atoms with van der Waals surface area (Å²) in [6, 6.07) is 7.16. The number of benzene rings is 1. The van der Waals surface area contributed by atoms with Gasteiger partial charge in [0.25, 0.3) is 0 Å². The summed E-state index contributed by atoms with van der Waals surface area (Å²) in [6.07, 6.45) is 4.30. The molecule has 0 bridgehead atoms. The number of piperazine rings is 1. The van der Waals surface area contributed by atoms with E-state index in [0.29, 0.717) is 49.0 Å². The topological polar surface area (TPSA) is 147 Å². The van der Waals surface area contributed by atoms with Gasteiger partial charge in [0.05, 0.1) is 17.4 Å². The van der Waals surface area contributed by atoms with Crippen molar-refractivity contribution in [2.45, 2.75) is 6.04 Å². The number of anilines is 2. The minimum atomic E-state index is -0.260. The summed E-state index contributed by atoms with van der Waals surface area (Å²) < 4.78 is 5.13. The zero-order chi connectivity index (χ0) is 22.0. The van der Waals surface area contributed by atoms with Crippen molar-refractivity contribution in [2.75, 3.05) is 43.9 Å². The number of carbonyl (C=O) groups is 1. The Morgan fingerprint density at radius 2 is 2.16 bits per heavy atom. The van der Waals surface area contributed by atoms with Gasteiger partial charge in [-0.25, -0.2) is 14.8 Å². The molecule has 5 N–H and O–H groups in total. The normalized spacial score (nSPS) is 18.9. The number of nitrogens with zero attached hydrogens (tertiary/aromatic N) is 5. The van der Waals surface area contributed by atoms with E-state index in [1.165, 1.54) is 12.5 Å². The molecular weight excluding hydrogens is 396 g/mol. The summed E-state index contributed by atoms with van der Waals surface area (Å²) in [5.41, 5.74) is 15.1. The second kappa shape index (κ2) is 8.42. The van der Waals surface area contributed by atoms with Crippen LogP contribution in [0.25, 0.3) is 5.57 Å². The van der Waals surface area contributed by atoms with E-state index in [9.17, 15) is 4.79 Å². The minimum absolute atomic E-state index is 0.00754. The number of fused-ring (bicyclic) bond motifs is 1. The summed E-state index contributed by atoms with van der Waals surface area (Å²) in [4.78, 5) is 28.2. The van der Waals surface area contributed by atoms with Gasteiger partial charge in [-0.15, -0.1) is 0 Å². The van der Waals surface area contributed by atoms with Gasteiger partial charge < -0.3 is 21.1 Å². The Morgan fingerprint density at radius 1 is 1.32 bits per heavy atom. The Morgan fingerprint density at radius 3 is 2.94 bits per heavy atom. The molecule has 10 nitrogen and oxygen atoms in total. The zero-order valence-corrected chi connectivity index (χ0v) is 17.2. The lowest BCUT2D eigenvalue weighted by Gasteiger charge is -2.36. The average molecular weight is 420 g/mol. The molecule has 1 aromatic heterocycles. The van der Waals surface area contributed by atoms with Crippen molar-refractivity contribution in [2.24, 2.45) is 10.7 Å². The van der Waals surface area contributed by atoms with E-state index in [2.05, 4.69) is 19.9 Å². The second-order valence-corrected chi connectivity index (χ2v) is 7.32. The van der Waals surface area contributed by atoms with Crippen molar-refractivity contribution in [3.05, 3.63) is 53.6 Å². The van der Waals surface area contributed by atoms with Gasteiger partial charge in [0, 0.05) is 62.0 Å². The number of nitrogens with one attached hydrogen (secondary N) is 1. The molecule has 2 aliphatic rings. The molecule has 160 valence electrons. The molecule has 1 amide bonds. The SMILES string of the molecule is CN=CC(=CN)c1ccc(N)c(C(=N)c2cc(N3CCN4C(=O)OCC4C3)ncn2)c1. The van der Waals surface area contributed by atoms with E-state index in [4.69, 9.17) is 21.6 Å². The van der Waals surface area contributed by atoms with Crippen LogP contribution in [0.2, 0.25) is 0 Å². The standard InChI is InChI=1S/C21H24N8O2/c1-25-9-14(8-22)13-2-3-17(23)16(6-13)20(24)18-7-19(27-12-26-18)28-4-5-29-15(10-28)11-31-21(29)30/h2-3,6-9,12,15,24H,4-5,10-11,22-23H2,1H3. The van der Waals surface area contributed by atoms with Crippen molar-refractivity contribution < 1.29 is 9.53 Å². The fourth-order valence-electron chi connectivity index (χ4n) is 3.80. The number of hydrogen-bond acceptors (Lipinski definition) is 9. The number of nitrogen functional groups attached to an aromatic ring is 1. The third-order valence-corrected chi connectivity index (χ3v) is 5.45. The maximum Gasteiger partial charge on any atom is 0.410 e. The molecule has 1 aromatic carbocycles. The monoisotopic (exact) mass is 420 g/mol. The number of cyclic esters (lactones) is 1. The molecule has 2 aliphatic heterocycles. The number of nitrogens with two attached hydrogens (primary N) is 2. The first-order chi connectivity index (χ1) is 15.0. The fraction of sp³-hybridized carbons (Fsp3) is 0.286. The molecule has 0 spiro atoms. The van der Waals surface area contributed by atoms with Gasteiger partial charge in [0.2, 0.25) is 0 Å². The van der Waals surface area contributed by atoms with Crippen LogP contribution in [0.15, 0.2) is 41.8 Å². The Labute approximate surface area is 179 Å². The number of amides is 1. The van der Waals surface area contributed by atoms with Crippen molar-refractivity contribution in [3.63, 3.8) is 0 Å². The van der Waals surface area contributed by atoms with Gasteiger partial charge in [-0.1, -0.05) is 6.07 Å². The summed E-state index contributed by atoms with van der Waals surface area (Å²) in [7, 11) is 1.67. The number of carbonyl (C=O) groups excluding carboxylic acids is 1. The van der Waals surface area contributed by atoms with E-state index >= 15 is 0 Å². The molecule has 4 rings (SSSR count). The lowest BCUT2D eigenvalue weighted by molar-refractivity contribution is 0.157. The number of aromatic nitrogens is 2. The van der Waals surface area contributed by atoms with E-state index in [1.807, 2.05) is 6.07 Å². The Hall–Kier alpha value is -3.95. The predicted octanol–water partition coefficient (Wildman–Crippen LogP) is 1.12. The minimum Gasteiger partial charge on any atom is -0.447 e. The van der Waals surface area contributed by atoms with Gasteiger partial charge in [-0.2, -0.15) is 0 Å². The predicted molar refractivity (Wildman–Crippen MR) is 119 cm³/mol. The lowest BCUT2D eigenvalue weighted by atomic mass is 9.98. The quantitative estimate of drug-likeness (QED) is 0.485. The molecule has 2 fully saturated rings. The van der Waals surface area contributed by atoms with Crippen LogP contribution in [-0.4, -0.2) is 72.2 Å². The van der Waals surface area contributed by atoms with Gasteiger partial charge in [-0.3, -0.25) is 15.3 Å². The van der Waals surface area contributed by atoms with Crippen molar-refractivity contribution >= 4 is 35.1 Å². The molecule has 10 heteroatoms. The molecule has 2 aromatic rings. The third kappa shape index (κ3) is 3.91. The average Bonchev–Trinajstić information content (AvgIpc) is 3.17. The first-order valence-corrected chi connectivity index (χ1v) is 9.85. The van der Waals surface area contributed by atoms with Crippen LogP contribution in [-0.2, 0) is 4.74 Å². The molecule has 1 atom stereocenters. The first kappa shape index (κ1) is 20.3. The van der Waals surface area contributed by atoms with Gasteiger partial charge in [0.15, 0.2) is 0 Å². The highest BCUT2D eigenvalue weighted by Gasteiger charge is 2.37. The smallest absolute Gasteiger partial charge is 0.410 e. The number of hydrogen-bond donors (Lipinski definition) is 3. The highest BCUT2D eigenvalue weighted by molar-refractivity contribution is 6.15. The van der Waals surface area contributed by atoms with Crippen LogP contribution in [0.3, 0.4) is 0 Å². The Balaban J connectivity index is 1.60. The van der Waals surface area contributed by atoms with Crippen LogP contribution in [0.1, 0.15) is 16.8 Å². The van der Waals surface area contributed by atoms with Gasteiger partial charge in [0.1, 0.15) is 18.8 Å². The number of allylic oxidation sites excluding steroid dienone is 1. The lowest BCUT2D eigenvalue weighted by Crippen LogP contribution is -2.52. The molecule has 0 aliphatic carbocycles. The summed E-state index contributed by atoms with van der Waals surface area (Å²) in [5.74, 6) is 0.698. The highest BCUT2D eigenvalue weighted by Crippen LogP contribution is 2.25. The van der Waals surface area contributed by atoms with Crippen LogP contribution < -0.4 is 16.4 Å². The van der Waals surface area contributed by atoms with E-state index in [1.54, 1.807) is 36.4 Å². The van der Waals surface area contributed by atoms with Crippen molar-refractivity contribution in [1.29, 1.82) is 5.41 Å². The third-order valence-electron chi connectivity index (χ3n) is 5.45. The largest absolute Gasteiger partial charge is 0.447 e. The van der Waals surface area contributed by atoms with E-state index < -0.39 is 0 Å². The molecule has 3 heterocycles. The Kier molecular flexibility index (Phi) is 5.52. The van der Waals surface area contributed by atoms with Crippen LogP contribution in [0, 0.1) is 5.41 Å². The van der Waals surface area contributed by atoms with Crippen LogP contribution in [0.4, 0.5) is 16.3 Å². The second-order valence-electron chi connectivity index (χ2n) is 7.32. The van der Waals surface area contributed by atoms with Gasteiger partial charge >= 0.3 is 6.09 Å². The van der Waals surface area contributed by atoms with Crippen molar-refractivity contribution in [3.8, 4) is 0 Å². The van der Waals surface area contributed by atoms with Crippen LogP contribution >= 0.6 is 0 Å². The maximum absolute atomic E-state index is 11.7. The van der Waals surface area contributed by atoms with E-state index in [0.717, 1.165) is 11.1 Å². The number of rotatable bonds is 5. The van der Waals surface area contributed by atoms with Crippen LogP contribution in [0.5, 0.6) is 0 Å². The Bertz CT molecular complexity index is 1080. The first-order valence-electron chi connectivity index (χ1n) is 9.85. The van der Waals surface area contributed by atoms with E-state index in [-0.39, 0.29) is 17.8 Å². The molecule has 0 saturated carbocycles. The number of ether oxygens (including phenoxy) is 1. The summed E-state index contributed by atoms with van der Waals surface area (Å²) in [6.45, 7) is 2.20. The molecule has 31 heavy (non-hydrogen) atoms.